The number of benzene rings is 1. The SMILES string of the molecule is CCCNc1nc(Nc2ccc(Br)cc2Br)c(F)cc1F. The van der Waals surface area contributed by atoms with Crippen LogP contribution < -0.4 is 10.6 Å². The van der Waals surface area contributed by atoms with Gasteiger partial charge in [0, 0.05) is 21.6 Å². The van der Waals surface area contributed by atoms with Crippen molar-refractivity contribution < 1.29 is 8.78 Å². The van der Waals surface area contributed by atoms with Gasteiger partial charge in [0.2, 0.25) is 0 Å². The molecule has 2 N–H and O–H groups in total. The Balaban J connectivity index is 2.30. The molecule has 1 aromatic heterocycles. The molecule has 7 heteroatoms. The Labute approximate surface area is 138 Å². The van der Waals surface area contributed by atoms with Gasteiger partial charge in [-0.25, -0.2) is 13.8 Å². The fourth-order valence-corrected chi connectivity index (χ4v) is 2.79. The number of anilines is 3. The molecule has 0 unspecified atom stereocenters. The lowest BCUT2D eigenvalue weighted by Gasteiger charge is -2.12. The van der Waals surface area contributed by atoms with E-state index in [1.807, 2.05) is 19.1 Å². The second-order valence-electron chi connectivity index (χ2n) is 4.33. The minimum atomic E-state index is -0.746. The summed E-state index contributed by atoms with van der Waals surface area (Å²) in [4.78, 5) is 3.96. The monoisotopic (exact) mass is 419 g/mol. The van der Waals surface area contributed by atoms with E-state index in [1.165, 1.54) is 0 Å². The Morgan fingerprint density at radius 1 is 1.10 bits per heavy atom. The smallest absolute Gasteiger partial charge is 0.169 e. The van der Waals surface area contributed by atoms with Gasteiger partial charge < -0.3 is 10.6 Å². The highest BCUT2D eigenvalue weighted by atomic mass is 79.9. The molecule has 0 saturated heterocycles. The van der Waals surface area contributed by atoms with Crippen molar-refractivity contribution >= 4 is 49.2 Å². The van der Waals surface area contributed by atoms with Gasteiger partial charge in [-0.1, -0.05) is 22.9 Å². The number of nitrogens with one attached hydrogen (secondary N) is 2. The molecule has 0 aliphatic heterocycles. The molecule has 1 heterocycles. The molecular formula is C14H13Br2F2N3. The first-order valence-corrected chi connectivity index (χ1v) is 7.92. The van der Waals surface area contributed by atoms with Crippen LogP contribution in [-0.2, 0) is 0 Å². The van der Waals surface area contributed by atoms with Crippen molar-refractivity contribution in [1.82, 2.24) is 4.98 Å². The van der Waals surface area contributed by atoms with E-state index in [-0.39, 0.29) is 11.6 Å². The minimum Gasteiger partial charge on any atom is -0.368 e. The molecule has 21 heavy (non-hydrogen) atoms. The zero-order valence-corrected chi connectivity index (χ0v) is 14.4. The first kappa shape index (κ1) is 16.2. The fraction of sp³-hybridized carbons (Fsp3) is 0.214. The highest BCUT2D eigenvalue weighted by Crippen LogP contribution is 2.30. The van der Waals surface area contributed by atoms with Crippen LogP contribution in [0.15, 0.2) is 33.2 Å². The van der Waals surface area contributed by atoms with Gasteiger partial charge >= 0.3 is 0 Å². The van der Waals surface area contributed by atoms with E-state index in [0.29, 0.717) is 12.2 Å². The molecule has 2 aromatic rings. The van der Waals surface area contributed by atoms with Gasteiger partial charge in [-0.15, -0.1) is 0 Å². The Morgan fingerprint density at radius 3 is 2.48 bits per heavy atom. The minimum absolute atomic E-state index is 0.0296. The van der Waals surface area contributed by atoms with Crippen molar-refractivity contribution in [1.29, 1.82) is 0 Å². The lowest BCUT2D eigenvalue weighted by Crippen LogP contribution is -2.07. The summed E-state index contributed by atoms with van der Waals surface area (Å²) in [5.41, 5.74) is 0.637. The summed E-state index contributed by atoms with van der Waals surface area (Å²) in [5, 5.41) is 5.68. The third kappa shape index (κ3) is 4.14. The summed E-state index contributed by atoms with van der Waals surface area (Å²) >= 11 is 6.71. The average molecular weight is 421 g/mol. The van der Waals surface area contributed by atoms with Crippen LogP contribution >= 0.6 is 31.9 Å². The van der Waals surface area contributed by atoms with Crippen molar-refractivity contribution in [3.63, 3.8) is 0 Å². The fourth-order valence-electron chi connectivity index (χ4n) is 1.64. The third-order valence-electron chi connectivity index (χ3n) is 2.66. The zero-order chi connectivity index (χ0) is 15.4. The van der Waals surface area contributed by atoms with Crippen LogP contribution in [0.4, 0.5) is 26.1 Å². The topological polar surface area (TPSA) is 37.0 Å². The lowest BCUT2D eigenvalue weighted by molar-refractivity contribution is 0.579. The van der Waals surface area contributed by atoms with E-state index in [2.05, 4.69) is 47.5 Å². The number of aromatic nitrogens is 1. The molecule has 2 rings (SSSR count). The molecule has 3 nitrogen and oxygen atoms in total. The molecule has 0 bridgehead atoms. The van der Waals surface area contributed by atoms with Gasteiger partial charge in [-0.2, -0.15) is 0 Å². The standard InChI is InChI=1S/C14H13Br2F2N3/c1-2-5-19-13-10(17)7-11(18)14(21-13)20-12-4-3-8(15)6-9(12)16/h3-4,6-7H,2,5H2,1H3,(H2,19,20,21). The Bertz CT molecular complexity index is 650. The van der Waals surface area contributed by atoms with Crippen LogP contribution in [0, 0.1) is 11.6 Å². The Morgan fingerprint density at radius 2 is 1.81 bits per heavy atom. The number of halogens is 4. The molecule has 0 radical (unpaired) electrons. The van der Waals surface area contributed by atoms with E-state index < -0.39 is 11.6 Å². The number of nitrogens with zero attached hydrogens (tertiary/aromatic N) is 1. The molecule has 0 atom stereocenters. The maximum absolute atomic E-state index is 13.8. The van der Waals surface area contributed by atoms with Crippen molar-refractivity contribution in [2.24, 2.45) is 0 Å². The van der Waals surface area contributed by atoms with Crippen molar-refractivity contribution in [3.05, 3.63) is 44.8 Å². The first-order chi connectivity index (χ1) is 10.0. The lowest BCUT2D eigenvalue weighted by atomic mass is 10.3. The van der Waals surface area contributed by atoms with Gasteiger partial charge in [0.05, 0.1) is 5.69 Å². The maximum atomic E-state index is 13.8. The molecule has 1 aromatic carbocycles. The highest BCUT2D eigenvalue weighted by Gasteiger charge is 2.13. The van der Waals surface area contributed by atoms with Gasteiger partial charge in [0.15, 0.2) is 23.3 Å². The summed E-state index contributed by atoms with van der Waals surface area (Å²) in [6.45, 7) is 2.52. The zero-order valence-electron chi connectivity index (χ0n) is 11.2. The molecule has 0 amide bonds. The van der Waals surface area contributed by atoms with Crippen LogP contribution in [-0.4, -0.2) is 11.5 Å². The number of rotatable bonds is 5. The molecular weight excluding hydrogens is 408 g/mol. The number of pyridine rings is 1. The molecule has 0 fully saturated rings. The Hall–Kier alpha value is -1.21. The molecule has 0 aliphatic rings. The van der Waals surface area contributed by atoms with Gasteiger partial charge in [-0.05, 0) is 40.5 Å². The molecule has 0 spiro atoms. The van der Waals surface area contributed by atoms with E-state index in [1.54, 1.807) is 6.07 Å². The predicted octanol–water partition coefficient (Wildman–Crippen LogP) is 5.45. The quantitative estimate of drug-likeness (QED) is 0.675. The van der Waals surface area contributed by atoms with E-state index >= 15 is 0 Å². The summed E-state index contributed by atoms with van der Waals surface area (Å²) in [6.07, 6.45) is 0.819. The number of hydrogen-bond acceptors (Lipinski definition) is 3. The summed E-state index contributed by atoms with van der Waals surface area (Å²) in [6, 6.07) is 6.21. The average Bonchev–Trinajstić information content (AvgIpc) is 2.43. The van der Waals surface area contributed by atoms with Crippen LogP contribution in [0.2, 0.25) is 0 Å². The van der Waals surface area contributed by atoms with E-state index in [4.69, 9.17) is 0 Å². The highest BCUT2D eigenvalue weighted by molar-refractivity contribution is 9.11. The molecule has 0 saturated carbocycles. The summed E-state index contributed by atoms with van der Waals surface area (Å²) in [5.74, 6) is -1.45. The largest absolute Gasteiger partial charge is 0.368 e. The summed E-state index contributed by atoms with van der Waals surface area (Å²) < 4.78 is 29.1. The third-order valence-corrected chi connectivity index (χ3v) is 3.81. The van der Waals surface area contributed by atoms with E-state index in [0.717, 1.165) is 21.4 Å². The van der Waals surface area contributed by atoms with Crippen LogP contribution in [0.25, 0.3) is 0 Å². The van der Waals surface area contributed by atoms with Crippen LogP contribution in [0.5, 0.6) is 0 Å². The predicted molar refractivity (Wildman–Crippen MR) is 88.1 cm³/mol. The van der Waals surface area contributed by atoms with Gasteiger partial charge in [0.25, 0.3) is 0 Å². The van der Waals surface area contributed by atoms with Gasteiger partial charge in [-0.3, -0.25) is 0 Å². The second-order valence-corrected chi connectivity index (χ2v) is 6.10. The van der Waals surface area contributed by atoms with Crippen LogP contribution in [0.3, 0.4) is 0 Å². The Kier molecular flexibility index (Phi) is 5.52. The van der Waals surface area contributed by atoms with E-state index in [9.17, 15) is 8.78 Å². The maximum Gasteiger partial charge on any atom is 0.169 e. The van der Waals surface area contributed by atoms with Crippen molar-refractivity contribution in [2.45, 2.75) is 13.3 Å². The van der Waals surface area contributed by atoms with Gasteiger partial charge in [0.1, 0.15) is 0 Å². The summed E-state index contributed by atoms with van der Waals surface area (Å²) in [7, 11) is 0. The number of hydrogen-bond donors (Lipinski definition) is 2. The second kappa shape index (κ2) is 7.17. The van der Waals surface area contributed by atoms with Crippen molar-refractivity contribution in [3.8, 4) is 0 Å². The molecule has 112 valence electrons. The molecule has 0 aliphatic carbocycles. The first-order valence-electron chi connectivity index (χ1n) is 6.33. The normalized spacial score (nSPS) is 10.5. The van der Waals surface area contributed by atoms with Crippen molar-refractivity contribution in [2.75, 3.05) is 17.2 Å². The van der Waals surface area contributed by atoms with Crippen LogP contribution in [0.1, 0.15) is 13.3 Å².